The Morgan fingerprint density at radius 1 is 1.50 bits per heavy atom. The van der Waals surface area contributed by atoms with Crippen LogP contribution in [0.1, 0.15) is 5.56 Å². The average molecular weight is 250 g/mol. The molecule has 0 bridgehead atoms. The normalized spacial score (nSPS) is 9.92. The van der Waals surface area contributed by atoms with Gasteiger partial charge in [-0.3, -0.25) is 0 Å². The predicted octanol–water partition coefficient (Wildman–Crippen LogP) is 3.89. The van der Waals surface area contributed by atoms with Gasteiger partial charge >= 0.3 is 0 Å². The summed E-state index contributed by atoms with van der Waals surface area (Å²) in [5.74, 6) is -0.334. The van der Waals surface area contributed by atoms with Gasteiger partial charge in [0.15, 0.2) is 0 Å². The molecule has 0 amide bonds. The highest BCUT2D eigenvalue weighted by Gasteiger charge is 2.01. The number of allylic oxidation sites excluding steroid dienone is 1. The molecule has 0 aromatic heterocycles. The van der Waals surface area contributed by atoms with Gasteiger partial charge in [-0.1, -0.05) is 34.1 Å². The van der Waals surface area contributed by atoms with Crippen LogP contribution in [0.4, 0.5) is 4.39 Å². The van der Waals surface area contributed by atoms with Crippen molar-refractivity contribution >= 4 is 33.1 Å². The first-order chi connectivity index (χ1) is 5.63. The topological polar surface area (TPSA) is 0 Å². The largest absolute Gasteiger partial charge is 0.207 e. The van der Waals surface area contributed by atoms with Crippen LogP contribution < -0.4 is 0 Å². The third kappa shape index (κ3) is 2.32. The highest BCUT2D eigenvalue weighted by molar-refractivity contribution is 9.09. The van der Waals surface area contributed by atoms with Crippen molar-refractivity contribution in [2.45, 2.75) is 0 Å². The molecule has 0 atom stereocenters. The molecule has 12 heavy (non-hydrogen) atoms. The molecule has 1 aromatic rings. The second-order valence-electron chi connectivity index (χ2n) is 2.40. The summed E-state index contributed by atoms with van der Waals surface area (Å²) in [7, 11) is 0. The first kappa shape index (κ1) is 9.75. The van der Waals surface area contributed by atoms with Gasteiger partial charge < -0.3 is 0 Å². The van der Waals surface area contributed by atoms with Crippen LogP contribution in [0.15, 0.2) is 24.8 Å². The van der Waals surface area contributed by atoms with Crippen molar-refractivity contribution in [3.63, 3.8) is 0 Å². The Bertz CT molecular complexity index is 289. The van der Waals surface area contributed by atoms with Crippen molar-refractivity contribution in [3.8, 4) is 0 Å². The van der Waals surface area contributed by atoms with Crippen LogP contribution in [-0.2, 0) is 0 Å². The number of benzene rings is 1. The van der Waals surface area contributed by atoms with Gasteiger partial charge in [0.25, 0.3) is 0 Å². The molecule has 0 aliphatic rings. The van der Waals surface area contributed by atoms with E-state index in [9.17, 15) is 4.39 Å². The molecule has 0 N–H and O–H groups in total. The minimum absolute atomic E-state index is 0.334. The maximum atomic E-state index is 12.8. The zero-order valence-electron chi connectivity index (χ0n) is 6.28. The van der Waals surface area contributed by atoms with E-state index in [4.69, 9.17) is 11.6 Å². The van der Waals surface area contributed by atoms with E-state index < -0.39 is 0 Å². The summed E-state index contributed by atoms with van der Waals surface area (Å²) in [5, 5.41) is 1.01. The minimum atomic E-state index is -0.334. The maximum Gasteiger partial charge on any atom is 0.125 e. The van der Waals surface area contributed by atoms with Gasteiger partial charge in [-0.25, -0.2) is 4.39 Å². The fourth-order valence-corrected chi connectivity index (χ4v) is 1.38. The number of hydrogen-bond donors (Lipinski definition) is 0. The summed E-state index contributed by atoms with van der Waals surface area (Å²) < 4.78 is 12.8. The quantitative estimate of drug-likeness (QED) is 0.698. The summed E-state index contributed by atoms with van der Waals surface area (Å²) in [6.07, 6.45) is 0. The minimum Gasteiger partial charge on any atom is -0.207 e. The smallest absolute Gasteiger partial charge is 0.125 e. The predicted molar refractivity (Wildman–Crippen MR) is 54.2 cm³/mol. The molecule has 1 aromatic carbocycles. The third-order valence-electron chi connectivity index (χ3n) is 1.43. The van der Waals surface area contributed by atoms with E-state index in [1.807, 2.05) is 0 Å². The molecule has 0 saturated carbocycles. The Morgan fingerprint density at radius 2 is 2.17 bits per heavy atom. The summed E-state index contributed by atoms with van der Waals surface area (Å²) in [4.78, 5) is 0. The van der Waals surface area contributed by atoms with Crippen molar-refractivity contribution in [3.05, 3.63) is 41.2 Å². The van der Waals surface area contributed by atoms with Gasteiger partial charge in [-0.15, -0.1) is 0 Å². The van der Waals surface area contributed by atoms with E-state index in [1.165, 1.54) is 12.1 Å². The van der Waals surface area contributed by atoms with Crippen LogP contribution in [0.2, 0.25) is 5.02 Å². The molecule has 3 heteroatoms. The number of halogens is 3. The molecule has 0 nitrogen and oxygen atoms in total. The molecule has 0 saturated heterocycles. The van der Waals surface area contributed by atoms with Gasteiger partial charge in [0, 0.05) is 10.4 Å². The van der Waals surface area contributed by atoms with Crippen molar-refractivity contribution in [1.82, 2.24) is 0 Å². The molecule has 1 rings (SSSR count). The molecule has 0 heterocycles. The monoisotopic (exact) mass is 248 g/mol. The lowest BCUT2D eigenvalue weighted by Gasteiger charge is -2.02. The summed E-state index contributed by atoms with van der Waals surface area (Å²) in [5.41, 5.74) is 1.55. The molecule has 0 aliphatic carbocycles. The van der Waals surface area contributed by atoms with Gasteiger partial charge in [-0.2, -0.15) is 0 Å². The lowest BCUT2D eigenvalue weighted by atomic mass is 10.1. The highest BCUT2D eigenvalue weighted by Crippen LogP contribution is 2.20. The van der Waals surface area contributed by atoms with Crippen molar-refractivity contribution < 1.29 is 4.39 Å². The molecule has 0 fully saturated rings. The first-order valence-corrected chi connectivity index (χ1v) is 4.83. The Hall–Kier alpha value is -0.340. The summed E-state index contributed by atoms with van der Waals surface area (Å²) in [6.45, 7) is 3.75. The average Bonchev–Trinajstić information content (AvgIpc) is 2.01. The maximum absolute atomic E-state index is 12.8. The standard InChI is InChI=1S/C9H7BrClF/c1-6(5-10)7-2-8(11)4-9(12)3-7/h2-4H,1,5H2. The number of alkyl halides is 1. The lowest BCUT2D eigenvalue weighted by Crippen LogP contribution is -1.85. The van der Waals surface area contributed by atoms with Gasteiger partial charge in [0.05, 0.1) is 0 Å². The van der Waals surface area contributed by atoms with Crippen LogP contribution in [0.3, 0.4) is 0 Å². The molecule has 0 spiro atoms. The van der Waals surface area contributed by atoms with Gasteiger partial charge in [-0.05, 0) is 29.3 Å². The Labute approximate surface area is 84.2 Å². The number of rotatable bonds is 2. The molecule has 64 valence electrons. The van der Waals surface area contributed by atoms with E-state index in [1.54, 1.807) is 6.07 Å². The summed E-state index contributed by atoms with van der Waals surface area (Å²) >= 11 is 8.89. The molecule has 0 radical (unpaired) electrons. The van der Waals surface area contributed by atoms with Crippen LogP contribution in [0, 0.1) is 5.82 Å². The molecule has 0 unspecified atom stereocenters. The fourth-order valence-electron chi connectivity index (χ4n) is 0.835. The zero-order chi connectivity index (χ0) is 9.14. The van der Waals surface area contributed by atoms with Gasteiger partial charge in [0.2, 0.25) is 0 Å². The molecule has 0 aliphatic heterocycles. The summed E-state index contributed by atoms with van der Waals surface area (Å²) in [6, 6.07) is 4.37. The Kier molecular flexibility index (Phi) is 3.29. The van der Waals surface area contributed by atoms with Crippen LogP contribution in [-0.4, -0.2) is 5.33 Å². The Morgan fingerprint density at radius 3 is 2.67 bits per heavy atom. The third-order valence-corrected chi connectivity index (χ3v) is 2.33. The van der Waals surface area contributed by atoms with E-state index in [0.717, 1.165) is 11.1 Å². The number of hydrogen-bond acceptors (Lipinski definition) is 0. The van der Waals surface area contributed by atoms with E-state index >= 15 is 0 Å². The lowest BCUT2D eigenvalue weighted by molar-refractivity contribution is 0.627. The van der Waals surface area contributed by atoms with Crippen LogP contribution in [0.5, 0.6) is 0 Å². The second kappa shape index (κ2) is 4.06. The van der Waals surface area contributed by atoms with Crippen molar-refractivity contribution in [1.29, 1.82) is 0 Å². The fraction of sp³-hybridized carbons (Fsp3) is 0.111. The van der Waals surface area contributed by atoms with Gasteiger partial charge in [0.1, 0.15) is 5.82 Å². The highest BCUT2D eigenvalue weighted by atomic mass is 79.9. The van der Waals surface area contributed by atoms with Crippen LogP contribution >= 0.6 is 27.5 Å². The molecular formula is C9H7BrClF. The van der Waals surface area contributed by atoms with E-state index in [-0.39, 0.29) is 5.82 Å². The van der Waals surface area contributed by atoms with Crippen molar-refractivity contribution in [2.75, 3.05) is 5.33 Å². The second-order valence-corrected chi connectivity index (χ2v) is 3.39. The van der Waals surface area contributed by atoms with E-state index in [0.29, 0.717) is 10.4 Å². The zero-order valence-corrected chi connectivity index (χ0v) is 8.62. The van der Waals surface area contributed by atoms with E-state index in [2.05, 4.69) is 22.5 Å². The van der Waals surface area contributed by atoms with Crippen molar-refractivity contribution in [2.24, 2.45) is 0 Å². The Balaban J connectivity index is 3.08. The molecular weight excluding hydrogens is 242 g/mol. The van der Waals surface area contributed by atoms with Crippen LogP contribution in [0.25, 0.3) is 5.57 Å². The SMILES string of the molecule is C=C(CBr)c1cc(F)cc(Cl)c1. The first-order valence-electron chi connectivity index (χ1n) is 3.33.